The zero-order valence-electron chi connectivity index (χ0n) is 10.4. The molecule has 0 aliphatic heterocycles. The van der Waals surface area contributed by atoms with Crippen LogP contribution in [0.2, 0.25) is 0 Å². The van der Waals surface area contributed by atoms with Gasteiger partial charge in [-0.3, -0.25) is 4.79 Å². The van der Waals surface area contributed by atoms with Crippen molar-refractivity contribution >= 4 is 12.0 Å². The maximum Gasteiger partial charge on any atom is 0.315 e. The van der Waals surface area contributed by atoms with E-state index in [-0.39, 0.29) is 13.1 Å². The molecule has 0 fully saturated rings. The van der Waals surface area contributed by atoms with Gasteiger partial charge in [-0.2, -0.15) is 0 Å². The SMILES string of the molecule is CCn1cnnc1CNC(=O)NCC(C)C(=O)O. The summed E-state index contributed by atoms with van der Waals surface area (Å²) < 4.78 is 1.81. The molecule has 1 unspecified atom stereocenters. The van der Waals surface area contributed by atoms with Gasteiger partial charge in [0, 0.05) is 13.1 Å². The number of carbonyl (C=O) groups is 2. The molecular formula is C10H17N5O3. The number of aryl methyl sites for hydroxylation is 1. The monoisotopic (exact) mass is 255 g/mol. The van der Waals surface area contributed by atoms with Crippen LogP contribution in [-0.2, 0) is 17.9 Å². The van der Waals surface area contributed by atoms with Gasteiger partial charge in [-0.1, -0.05) is 6.92 Å². The van der Waals surface area contributed by atoms with E-state index in [1.807, 2.05) is 6.92 Å². The minimum Gasteiger partial charge on any atom is -0.481 e. The number of hydrogen-bond acceptors (Lipinski definition) is 4. The quantitative estimate of drug-likeness (QED) is 0.653. The van der Waals surface area contributed by atoms with Crippen molar-refractivity contribution in [2.45, 2.75) is 26.9 Å². The van der Waals surface area contributed by atoms with E-state index < -0.39 is 17.9 Å². The standard InChI is InChI=1S/C10H17N5O3/c1-3-15-6-13-14-8(15)5-12-10(18)11-4-7(2)9(16)17/h6-7H,3-5H2,1-2H3,(H,16,17)(H2,11,12,18). The highest BCUT2D eigenvalue weighted by molar-refractivity contribution is 5.75. The third-order valence-electron chi connectivity index (χ3n) is 2.43. The lowest BCUT2D eigenvalue weighted by atomic mass is 10.2. The van der Waals surface area contributed by atoms with E-state index in [9.17, 15) is 9.59 Å². The predicted molar refractivity (Wildman–Crippen MR) is 62.7 cm³/mol. The van der Waals surface area contributed by atoms with Crippen LogP contribution in [0, 0.1) is 5.92 Å². The largest absolute Gasteiger partial charge is 0.481 e. The molecule has 0 aromatic carbocycles. The van der Waals surface area contributed by atoms with Crippen LogP contribution < -0.4 is 10.6 Å². The second-order valence-electron chi connectivity index (χ2n) is 3.84. The number of carboxylic acids is 1. The number of nitrogens with zero attached hydrogens (tertiary/aromatic N) is 3. The normalized spacial score (nSPS) is 11.9. The maximum absolute atomic E-state index is 11.4. The van der Waals surface area contributed by atoms with Gasteiger partial charge in [0.1, 0.15) is 6.33 Å². The van der Waals surface area contributed by atoms with Crippen LogP contribution in [-0.4, -0.2) is 38.4 Å². The first kappa shape index (κ1) is 13.9. The van der Waals surface area contributed by atoms with Crippen molar-refractivity contribution < 1.29 is 14.7 Å². The van der Waals surface area contributed by atoms with Crippen LogP contribution >= 0.6 is 0 Å². The highest BCUT2D eigenvalue weighted by Gasteiger charge is 2.12. The number of aromatic nitrogens is 3. The van der Waals surface area contributed by atoms with Gasteiger partial charge in [0.25, 0.3) is 0 Å². The molecule has 100 valence electrons. The molecule has 18 heavy (non-hydrogen) atoms. The topological polar surface area (TPSA) is 109 Å². The van der Waals surface area contributed by atoms with Gasteiger partial charge in [0.05, 0.1) is 12.5 Å². The van der Waals surface area contributed by atoms with Gasteiger partial charge in [0.15, 0.2) is 5.82 Å². The molecule has 0 saturated carbocycles. The molecule has 0 aliphatic rings. The van der Waals surface area contributed by atoms with E-state index in [0.717, 1.165) is 6.54 Å². The molecule has 0 radical (unpaired) electrons. The van der Waals surface area contributed by atoms with Gasteiger partial charge in [0.2, 0.25) is 0 Å². The van der Waals surface area contributed by atoms with Crippen molar-refractivity contribution in [2.24, 2.45) is 5.92 Å². The Kier molecular flexibility index (Phi) is 5.09. The fourth-order valence-corrected chi connectivity index (χ4v) is 1.23. The molecule has 0 saturated heterocycles. The number of rotatable bonds is 6. The van der Waals surface area contributed by atoms with Crippen LogP contribution in [0.5, 0.6) is 0 Å². The second-order valence-corrected chi connectivity index (χ2v) is 3.84. The molecule has 0 bridgehead atoms. The molecule has 2 amide bonds. The molecule has 1 atom stereocenters. The van der Waals surface area contributed by atoms with Crippen molar-refractivity contribution in [1.29, 1.82) is 0 Å². The summed E-state index contributed by atoms with van der Waals surface area (Å²) in [6, 6.07) is -0.422. The number of carboxylic acid groups (broad SMARTS) is 1. The number of nitrogens with one attached hydrogen (secondary N) is 2. The molecular weight excluding hydrogens is 238 g/mol. The molecule has 1 aromatic rings. The van der Waals surface area contributed by atoms with E-state index in [1.54, 1.807) is 10.9 Å². The summed E-state index contributed by atoms with van der Waals surface area (Å²) in [6.07, 6.45) is 1.58. The van der Waals surface area contributed by atoms with Gasteiger partial charge in [-0.15, -0.1) is 10.2 Å². The number of urea groups is 1. The van der Waals surface area contributed by atoms with E-state index in [1.165, 1.54) is 6.92 Å². The van der Waals surface area contributed by atoms with Crippen molar-refractivity contribution in [3.05, 3.63) is 12.2 Å². The van der Waals surface area contributed by atoms with Crippen LogP contribution in [0.15, 0.2) is 6.33 Å². The second kappa shape index (κ2) is 6.58. The minimum absolute atomic E-state index is 0.0850. The number of amides is 2. The van der Waals surface area contributed by atoms with Crippen molar-refractivity contribution in [2.75, 3.05) is 6.54 Å². The molecule has 0 spiro atoms. The summed E-state index contributed by atoms with van der Waals surface area (Å²) in [7, 11) is 0. The lowest BCUT2D eigenvalue weighted by Crippen LogP contribution is -2.39. The summed E-state index contributed by atoms with van der Waals surface area (Å²) in [4.78, 5) is 21.9. The lowest BCUT2D eigenvalue weighted by molar-refractivity contribution is -0.140. The summed E-state index contributed by atoms with van der Waals surface area (Å²) in [5.41, 5.74) is 0. The van der Waals surface area contributed by atoms with Gasteiger partial charge in [-0.05, 0) is 6.92 Å². The Morgan fingerprint density at radius 3 is 2.83 bits per heavy atom. The van der Waals surface area contributed by atoms with Crippen molar-refractivity contribution in [3.63, 3.8) is 0 Å². The van der Waals surface area contributed by atoms with E-state index in [2.05, 4.69) is 20.8 Å². The van der Waals surface area contributed by atoms with E-state index >= 15 is 0 Å². The Labute approximate surface area is 104 Å². The number of hydrogen-bond donors (Lipinski definition) is 3. The minimum atomic E-state index is -0.943. The maximum atomic E-state index is 11.4. The van der Waals surface area contributed by atoms with E-state index in [4.69, 9.17) is 5.11 Å². The Balaban J connectivity index is 2.31. The Bertz CT molecular complexity index is 417. The predicted octanol–water partition coefficient (Wildman–Crippen LogP) is -0.182. The molecule has 1 rings (SSSR count). The summed E-state index contributed by atoms with van der Waals surface area (Å²) in [6.45, 7) is 4.53. The average molecular weight is 255 g/mol. The fraction of sp³-hybridized carbons (Fsp3) is 0.600. The van der Waals surface area contributed by atoms with Crippen LogP contribution in [0.25, 0.3) is 0 Å². The fourth-order valence-electron chi connectivity index (χ4n) is 1.23. The zero-order chi connectivity index (χ0) is 13.5. The van der Waals surface area contributed by atoms with Crippen LogP contribution in [0.1, 0.15) is 19.7 Å². The molecule has 8 nitrogen and oxygen atoms in total. The van der Waals surface area contributed by atoms with Crippen LogP contribution in [0.3, 0.4) is 0 Å². The third-order valence-corrected chi connectivity index (χ3v) is 2.43. The Morgan fingerprint density at radius 1 is 1.50 bits per heavy atom. The van der Waals surface area contributed by atoms with Crippen molar-refractivity contribution in [3.8, 4) is 0 Å². The van der Waals surface area contributed by atoms with E-state index in [0.29, 0.717) is 5.82 Å². The van der Waals surface area contributed by atoms with Gasteiger partial charge in [-0.25, -0.2) is 4.79 Å². The zero-order valence-corrected chi connectivity index (χ0v) is 10.4. The average Bonchev–Trinajstić information content (AvgIpc) is 2.80. The summed E-state index contributed by atoms with van der Waals surface area (Å²) >= 11 is 0. The first-order chi connectivity index (χ1) is 8.54. The first-order valence-corrected chi connectivity index (χ1v) is 5.65. The Hall–Kier alpha value is -2.12. The van der Waals surface area contributed by atoms with Gasteiger partial charge >= 0.3 is 12.0 Å². The van der Waals surface area contributed by atoms with Gasteiger partial charge < -0.3 is 20.3 Å². The van der Waals surface area contributed by atoms with Crippen LogP contribution in [0.4, 0.5) is 4.79 Å². The third kappa shape index (κ3) is 4.04. The molecule has 8 heteroatoms. The summed E-state index contributed by atoms with van der Waals surface area (Å²) in [5, 5.41) is 21.3. The van der Waals surface area contributed by atoms with Crippen molar-refractivity contribution in [1.82, 2.24) is 25.4 Å². The first-order valence-electron chi connectivity index (χ1n) is 5.65. The molecule has 0 aliphatic carbocycles. The number of aliphatic carboxylic acids is 1. The summed E-state index contributed by atoms with van der Waals surface area (Å²) in [5.74, 6) is -0.907. The highest BCUT2D eigenvalue weighted by atomic mass is 16.4. The number of carbonyl (C=O) groups excluding carboxylic acids is 1. The smallest absolute Gasteiger partial charge is 0.315 e. The highest BCUT2D eigenvalue weighted by Crippen LogP contribution is 1.94. The molecule has 1 heterocycles. The molecule has 1 aromatic heterocycles. The molecule has 3 N–H and O–H groups in total. The lowest BCUT2D eigenvalue weighted by Gasteiger charge is -2.09. The Morgan fingerprint density at radius 2 is 2.22 bits per heavy atom.